The molecule has 4 amide bonds. The van der Waals surface area contributed by atoms with Gasteiger partial charge in [-0.25, -0.2) is 0 Å². The Labute approximate surface area is 180 Å². The zero-order valence-electron chi connectivity index (χ0n) is 17.2. The number of nitrogens with zero attached hydrogens (tertiary/aromatic N) is 1. The summed E-state index contributed by atoms with van der Waals surface area (Å²) in [6, 6.07) is 13.7. The van der Waals surface area contributed by atoms with Gasteiger partial charge in [0.25, 0.3) is 17.7 Å². The van der Waals surface area contributed by atoms with Crippen LogP contribution in [0.25, 0.3) is 0 Å². The summed E-state index contributed by atoms with van der Waals surface area (Å²) in [7, 11) is 0. The Balaban J connectivity index is 1.39. The molecule has 0 aromatic heterocycles. The lowest BCUT2D eigenvalue weighted by Gasteiger charge is -2.13. The number of hydrogen-bond donors (Lipinski definition) is 3. The number of carbonyl (C=O) groups excluding carboxylic acids is 4. The lowest BCUT2D eigenvalue weighted by atomic mass is 10.1. The zero-order chi connectivity index (χ0) is 22.2. The molecule has 0 spiro atoms. The molecule has 0 fully saturated rings. The van der Waals surface area contributed by atoms with E-state index in [0.717, 1.165) is 12.0 Å². The summed E-state index contributed by atoms with van der Waals surface area (Å²) in [4.78, 5) is 49.9. The highest BCUT2D eigenvalue weighted by Gasteiger charge is 2.34. The average molecular weight is 422 g/mol. The van der Waals surface area contributed by atoms with Crippen molar-refractivity contribution in [3.8, 4) is 0 Å². The van der Waals surface area contributed by atoms with E-state index >= 15 is 0 Å². The van der Waals surface area contributed by atoms with Crippen LogP contribution < -0.4 is 16.4 Å². The van der Waals surface area contributed by atoms with Gasteiger partial charge in [-0.1, -0.05) is 24.3 Å². The lowest BCUT2D eigenvalue weighted by molar-refractivity contribution is -0.121. The van der Waals surface area contributed by atoms with E-state index in [1.807, 2.05) is 0 Å². The smallest absolute Gasteiger partial charge is 0.261 e. The van der Waals surface area contributed by atoms with Crippen molar-refractivity contribution >= 4 is 23.6 Å². The third-order valence-corrected chi connectivity index (χ3v) is 5.04. The molecule has 4 N–H and O–H groups in total. The second-order valence-corrected chi connectivity index (χ2v) is 7.28. The first-order chi connectivity index (χ1) is 15.0. The summed E-state index contributed by atoms with van der Waals surface area (Å²) < 4.78 is 0. The summed E-state index contributed by atoms with van der Waals surface area (Å²) in [6.45, 7) is 1.60. The Morgan fingerprint density at radius 3 is 2.13 bits per heavy atom. The van der Waals surface area contributed by atoms with Gasteiger partial charge in [-0.05, 0) is 49.2 Å². The van der Waals surface area contributed by atoms with Crippen LogP contribution >= 0.6 is 0 Å². The number of carbonyl (C=O) groups is 4. The van der Waals surface area contributed by atoms with Crippen molar-refractivity contribution in [2.75, 3.05) is 19.6 Å². The molecule has 0 radical (unpaired) electrons. The van der Waals surface area contributed by atoms with Gasteiger partial charge in [0.2, 0.25) is 5.91 Å². The standard InChI is InChI=1S/C23H26N4O4/c24-12-4-13-25-21(29)17-10-8-16(9-11-17)15-26-20(28)7-3-14-27-22(30)18-5-1-2-6-19(18)23(27)31/h1-2,5-6,8-11H,3-4,7,12-15,24H2,(H,25,29)(H,26,28). The van der Waals surface area contributed by atoms with Crippen LogP contribution in [-0.4, -0.2) is 48.2 Å². The van der Waals surface area contributed by atoms with Crippen molar-refractivity contribution in [3.05, 3.63) is 70.8 Å². The normalized spacial score (nSPS) is 12.6. The molecule has 31 heavy (non-hydrogen) atoms. The molecule has 2 aromatic carbocycles. The number of rotatable bonds is 10. The fourth-order valence-corrected chi connectivity index (χ4v) is 3.31. The number of benzene rings is 2. The quantitative estimate of drug-likeness (QED) is 0.395. The van der Waals surface area contributed by atoms with Crippen molar-refractivity contribution in [2.24, 2.45) is 5.73 Å². The third kappa shape index (κ3) is 5.55. The molecule has 0 aliphatic carbocycles. The summed E-state index contributed by atoms with van der Waals surface area (Å²) in [5, 5.41) is 5.60. The summed E-state index contributed by atoms with van der Waals surface area (Å²) >= 11 is 0. The van der Waals surface area contributed by atoms with Crippen LogP contribution in [-0.2, 0) is 11.3 Å². The minimum atomic E-state index is -0.312. The molecular weight excluding hydrogens is 396 g/mol. The SMILES string of the molecule is NCCCNC(=O)c1ccc(CNC(=O)CCCN2C(=O)c3ccccc3C2=O)cc1. The van der Waals surface area contributed by atoms with Crippen LogP contribution in [0.4, 0.5) is 0 Å². The fourth-order valence-electron chi connectivity index (χ4n) is 3.31. The van der Waals surface area contributed by atoms with E-state index in [9.17, 15) is 19.2 Å². The molecule has 8 heteroatoms. The van der Waals surface area contributed by atoms with E-state index < -0.39 is 0 Å². The van der Waals surface area contributed by atoms with Gasteiger partial charge in [-0.15, -0.1) is 0 Å². The number of hydrogen-bond acceptors (Lipinski definition) is 5. The molecule has 162 valence electrons. The molecule has 0 unspecified atom stereocenters. The number of imide groups is 1. The first kappa shape index (κ1) is 22.2. The first-order valence-corrected chi connectivity index (χ1v) is 10.3. The lowest BCUT2D eigenvalue weighted by Crippen LogP contribution is -2.32. The minimum absolute atomic E-state index is 0.155. The van der Waals surface area contributed by atoms with Crippen LogP contribution in [0, 0.1) is 0 Å². The predicted octanol–water partition coefficient (Wildman–Crippen LogP) is 1.46. The van der Waals surface area contributed by atoms with E-state index in [1.165, 1.54) is 4.90 Å². The highest BCUT2D eigenvalue weighted by atomic mass is 16.2. The zero-order valence-corrected chi connectivity index (χ0v) is 17.2. The van der Waals surface area contributed by atoms with E-state index in [4.69, 9.17) is 5.73 Å². The molecule has 3 rings (SSSR count). The summed E-state index contributed by atoms with van der Waals surface area (Å²) in [6.07, 6.45) is 1.32. The molecule has 2 aromatic rings. The largest absolute Gasteiger partial charge is 0.352 e. The minimum Gasteiger partial charge on any atom is -0.352 e. The fraction of sp³-hybridized carbons (Fsp3) is 0.304. The maximum absolute atomic E-state index is 12.3. The van der Waals surface area contributed by atoms with Crippen molar-refractivity contribution in [3.63, 3.8) is 0 Å². The van der Waals surface area contributed by atoms with Crippen LogP contribution in [0.3, 0.4) is 0 Å². The van der Waals surface area contributed by atoms with E-state index in [1.54, 1.807) is 48.5 Å². The average Bonchev–Trinajstić information content (AvgIpc) is 3.03. The second-order valence-electron chi connectivity index (χ2n) is 7.28. The van der Waals surface area contributed by atoms with Gasteiger partial charge >= 0.3 is 0 Å². The van der Waals surface area contributed by atoms with Crippen molar-refractivity contribution in [1.29, 1.82) is 0 Å². The van der Waals surface area contributed by atoms with Crippen molar-refractivity contribution in [1.82, 2.24) is 15.5 Å². The molecule has 0 saturated heterocycles. The molecule has 1 aliphatic heterocycles. The van der Waals surface area contributed by atoms with Gasteiger partial charge in [-0.2, -0.15) is 0 Å². The second kappa shape index (κ2) is 10.5. The highest BCUT2D eigenvalue weighted by molar-refractivity contribution is 6.21. The number of amides is 4. The molecule has 0 bridgehead atoms. The molecule has 0 saturated carbocycles. The topological polar surface area (TPSA) is 122 Å². The maximum Gasteiger partial charge on any atom is 0.261 e. The van der Waals surface area contributed by atoms with Gasteiger partial charge in [0.05, 0.1) is 11.1 Å². The molecule has 0 atom stereocenters. The molecule has 8 nitrogen and oxygen atoms in total. The molecule has 1 heterocycles. The van der Waals surface area contributed by atoms with Crippen LogP contribution in [0.2, 0.25) is 0 Å². The van der Waals surface area contributed by atoms with E-state index in [-0.39, 0.29) is 36.6 Å². The molecule has 1 aliphatic rings. The van der Waals surface area contributed by atoms with Crippen molar-refractivity contribution < 1.29 is 19.2 Å². The highest BCUT2D eigenvalue weighted by Crippen LogP contribution is 2.22. The summed E-state index contributed by atoms with van der Waals surface area (Å²) in [5.74, 6) is -0.946. The van der Waals surface area contributed by atoms with Crippen LogP contribution in [0.5, 0.6) is 0 Å². The van der Waals surface area contributed by atoms with Gasteiger partial charge in [0.15, 0.2) is 0 Å². The number of fused-ring (bicyclic) bond motifs is 1. The van der Waals surface area contributed by atoms with E-state index in [0.29, 0.717) is 42.7 Å². The van der Waals surface area contributed by atoms with Crippen LogP contribution in [0.15, 0.2) is 48.5 Å². The Hall–Kier alpha value is -3.52. The Bertz CT molecular complexity index is 937. The maximum atomic E-state index is 12.3. The van der Waals surface area contributed by atoms with Crippen molar-refractivity contribution in [2.45, 2.75) is 25.8 Å². The first-order valence-electron chi connectivity index (χ1n) is 10.3. The number of nitrogens with one attached hydrogen (secondary N) is 2. The van der Waals surface area contributed by atoms with Gasteiger partial charge in [0.1, 0.15) is 0 Å². The van der Waals surface area contributed by atoms with Gasteiger partial charge in [-0.3, -0.25) is 24.1 Å². The Kier molecular flexibility index (Phi) is 7.50. The van der Waals surface area contributed by atoms with E-state index in [2.05, 4.69) is 10.6 Å². The summed E-state index contributed by atoms with van der Waals surface area (Å²) in [5.41, 5.74) is 7.64. The van der Waals surface area contributed by atoms with Gasteiger partial charge < -0.3 is 16.4 Å². The monoisotopic (exact) mass is 422 g/mol. The molecular formula is C23H26N4O4. The number of nitrogens with two attached hydrogens (primary N) is 1. The third-order valence-electron chi connectivity index (χ3n) is 5.04. The van der Waals surface area contributed by atoms with Gasteiger partial charge in [0, 0.05) is 31.6 Å². The Morgan fingerprint density at radius 1 is 0.871 bits per heavy atom. The van der Waals surface area contributed by atoms with Crippen LogP contribution in [0.1, 0.15) is 55.9 Å². The Morgan fingerprint density at radius 2 is 1.52 bits per heavy atom. The predicted molar refractivity (Wildman–Crippen MR) is 115 cm³/mol.